The Kier molecular flexibility index (Phi) is 28.6. The van der Waals surface area contributed by atoms with Crippen LogP contribution < -0.4 is 4.74 Å². The first kappa shape index (κ1) is 56.8. The van der Waals surface area contributed by atoms with Gasteiger partial charge in [-0.05, 0) is 43.9 Å². The molecule has 2 bridgehead atoms. The summed E-state index contributed by atoms with van der Waals surface area (Å²) in [6, 6.07) is 3.92. The highest BCUT2D eigenvalue weighted by molar-refractivity contribution is 5.62. The average molecular weight is 974 g/mol. The Morgan fingerprint density at radius 2 is 0.985 bits per heavy atom. The number of ether oxygens (including phenoxy) is 17. The van der Waals surface area contributed by atoms with Gasteiger partial charge in [0.05, 0.1) is 202 Å². The van der Waals surface area contributed by atoms with Gasteiger partial charge in [-0.3, -0.25) is 4.90 Å². The second kappa shape index (κ2) is 34.3. The number of hydrogen-bond acceptors (Lipinski definition) is 19. The molecule has 68 heavy (non-hydrogen) atoms. The van der Waals surface area contributed by atoms with Crippen molar-refractivity contribution in [3.63, 3.8) is 0 Å². The van der Waals surface area contributed by atoms with Crippen molar-refractivity contribution in [2.45, 2.75) is 54.9 Å². The van der Waals surface area contributed by atoms with Gasteiger partial charge in [-0.25, -0.2) is 0 Å². The molecule has 2 heterocycles. The number of likely N-dealkylation sites (tertiary alicyclic amines) is 1. The molecule has 0 radical (unpaired) electrons. The van der Waals surface area contributed by atoms with Crippen LogP contribution in [0.3, 0.4) is 0 Å². The Morgan fingerprint density at radius 3 is 1.41 bits per heavy atom. The van der Waals surface area contributed by atoms with Crippen molar-refractivity contribution in [3.05, 3.63) is 35.9 Å². The van der Waals surface area contributed by atoms with Gasteiger partial charge < -0.3 is 85.6 Å². The quantitative estimate of drug-likeness (QED) is 0.0744. The summed E-state index contributed by atoms with van der Waals surface area (Å²) < 4.78 is 97.7. The van der Waals surface area contributed by atoms with Crippen LogP contribution in [0.25, 0.3) is 0 Å². The molecule has 1 N–H and O–H groups in total. The fourth-order valence-electron chi connectivity index (χ4n) is 9.63. The van der Waals surface area contributed by atoms with Crippen LogP contribution in [0.4, 0.5) is 0 Å². The van der Waals surface area contributed by atoms with Gasteiger partial charge in [0.2, 0.25) is 0 Å². The zero-order valence-corrected chi connectivity index (χ0v) is 41.0. The molecular formula is C49H83NO18. The third kappa shape index (κ3) is 17.6. The van der Waals surface area contributed by atoms with Crippen molar-refractivity contribution in [2.24, 2.45) is 0 Å². The molecule has 2 fully saturated rings. The molecule has 0 unspecified atom stereocenters. The molecule has 2 aliphatic heterocycles. The normalized spacial score (nSPS) is 22.7. The lowest BCUT2D eigenvalue weighted by molar-refractivity contribution is -0.241. The van der Waals surface area contributed by atoms with Crippen molar-refractivity contribution in [1.29, 1.82) is 0 Å². The standard InChI is InChI=1S/C49H83NO18/c1-4-10-50-11-9-48-45-41-5-6-42(51)46(45)68-47(48)43(66-38-36-64-34-32-62-30-28-60-26-24-58-22-20-56-18-16-54-14-12-52-2)7-8-49(48,44(50)40-41)67-39-37-65-35-33-63-31-29-61-27-25-59-23-21-57-19-17-55-15-13-53-3/h4-6,43-44,47,51H,1,7-40H2,2-3H3/t43-,44+,47-,48-,49+/m0/s1. The van der Waals surface area contributed by atoms with E-state index < -0.39 is 11.0 Å². The first-order chi connectivity index (χ1) is 33.6. The molecule has 5 atom stereocenters. The molecule has 2 aliphatic carbocycles. The van der Waals surface area contributed by atoms with Crippen LogP contribution in [0, 0.1) is 0 Å². The molecule has 5 rings (SSSR count). The Balaban J connectivity index is 0.954. The van der Waals surface area contributed by atoms with E-state index in [1.54, 1.807) is 20.3 Å². The van der Waals surface area contributed by atoms with E-state index in [0.717, 1.165) is 44.3 Å². The molecule has 1 aromatic carbocycles. The highest BCUT2D eigenvalue weighted by atomic mass is 16.6. The van der Waals surface area contributed by atoms with E-state index in [-0.39, 0.29) is 24.0 Å². The number of nitrogens with zero attached hydrogens (tertiary/aromatic N) is 1. The monoisotopic (exact) mass is 974 g/mol. The number of methoxy groups -OCH3 is 2. The maximum absolute atomic E-state index is 11.2. The van der Waals surface area contributed by atoms with Crippen molar-refractivity contribution in [2.75, 3.05) is 212 Å². The number of aromatic hydroxyl groups is 1. The van der Waals surface area contributed by atoms with Gasteiger partial charge in [0.15, 0.2) is 11.5 Å². The molecule has 1 saturated carbocycles. The van der Waals surface area contributed by atoms with Gasteiger partial charge in [0.1, 0.15) is 6.10 Å². The minimum Gasteiger partial charge on any atom is -0.504 e. The summed E-state index contributed by atoms with van der Waals surface area (Å²) in [5.74, 6) is 0.731. The van der Waals surface area contributed by atoms with Gasteiger partial charge >= 0.3 is 0 Å². The summed E-state index contributed by atoms with van der Waals surface area (Å²) in [5, 5.41) is 11.2. The van der Waals surface area contributed by atoms with Crippen LogP contribution in [-0.4, -0.2) is 246 Å². The number of benzene rings is 1. The topological polar surface area (TPSA) is 180 Å². The van der Waals surface area contributed by atoms with Crippen molar-refractivity contribution in [1.82, 2.24) is 4.90 Å². The fourth-order valence-corrected chi connectivity index (χ4v) is 9.63. The van der Waals surface area contributed by atoms with Gasteiger partial charge in [-0.15, -0.1) is 6.58 Å². The minimum absolute atomic E-state index is 0.0952. The van der Waals surface area contributed by atoms with E-state index in [1.165, 1.54) is 5.56 Å². The molecule has 19 heteroatoms. The molecule has 4 aliphatic rings. The fraction of sp³-hybridized carbons (Fsp3) is 0.837. The Bertz CT molecular complexity index is 1460. The van der Waals surface area contributed by atoms with E-state index in [2.05, 4.69) is 17.5 Å². The third-order valence-corrected chi connectivity index (χ3v) is 12.6. The van der Waals surface area contributed by atoms with Gasteiger partial charge in [-0.2, -0.15) is 0 Å². The molecule has 1 aromatic rings. The zero-order chi connectivity index (χ0) is 47.8. The van der Waals surface area contributed by atoms with Gasteiger partial charge in [0.25, 0.3) is 0 Å². The molecule has 0 amide bonds. The SMILES string of the molecule is C=CCN1CC[C@]23c4c5ccc(O)c4O[C@H]2[C@@H](OCCOCCOCCOCCOCCOCCOCCOC)CC[C@@]3(OCCOCCOCCOCCOCCOCCOCCOC)[C@H]1C5. The molecule has 1 saturated heterocycles. The highest BCUT2D eigenvalue weighted by Gasteiger charge is 2.74. The largest absolute Gasteiger partial charge is 0.504 e. The van der Waals surface area contributed by atoms with E-state index in [1.807, 2.05) is 6.08 Å². The zero-order valence-electron chi connectivity index (χ0n) is 41.0. The number of hydrogen-bond donors (Lipinski definition) is 1. The summed E-state index contributed by atoms with van der Waals surface area (Å²) in [7, 11) is 3.29. The van der Waals surface area contributed by atoms with Gasteiger partial charge in [-0.1, -0.05) is 12.1 Å². The predicted octanol–water partition coefficient (Wildman–Crippen LogP) is 2.63. The van der Waals surface area contributed by atoms with Crippen LogP contribution in [0.15, 0.2) is 24.8 Å². The van der Waals surface area contributed by atoms with E-state index >= 15 is 0 Å². The Labute approximate surface area is 404 Å². The van der Waals surface area contributed by atoms with Crippen LogP contribution in [0.1, 0.15) is 30.4 Å². The Hall–Kier alpha value is -2.12. The first-order valence-electron chi connectivity index (χ1n) is 24.7. The summed E-state index contributed by atoms with van der Waals surface area (Å²) in [6.45, 7) is 19.5. The first-order valence-corrected chi connectivity index (χ1v) is 24.7. The van der Waals surface area contributed by atoms with Gasteiger partial charge in [0, 0.05) is 32.4 Å². The smallest absolute Gasteiger partial charge is 0.165 e. The average Bonchev–Trinajstić information content (AvgIpc) is 3.71. The molecule has 1 spiro atoms. The number of phenolic OH excluding ortho intramolecular Hbond substituents is 1. The lowest BCUT2D eigenvalue weighted by Gasteiger charge is -2.65. The van der Waals surface area contributed by atoms with E-state index in [9.17, 15) is 5.11 Å². The third-order valence-electron chi connectivity index (χ3n) is 12.6. The molecule has 19 nitrogen and oxygen atoms in total. The number of piperidine rings is 1. The summed E-state index contributed by atoms with van der Waals surface area (Å²) in [6.07, 6.45) is 4.56. The lowest BCUT2D eigenvalue weighted by atomic mass is 9.48. The second-order valence-corrected chi connectivity index (χ2v) is 16.7. The van der Waals surface area contributed by atoms with Crippen molar-refractivity contribution < 1.29 is 85.6 Å². The maximum Gasteiger partial charge on any atom is 0.165 e. The van der Waals surface area contributed by atoms with Crippen molar-refractivity contribution >= 4 is 0 Å². The Morgan fingerprint density at radius 1 is 0.574 bits per heavy atom. The van der Waals surface area contributed by atoms with Crippen LogP contribution in [-0.2, 0) is 87.6 Å². The van der Waals surface area contributed by atoms with E-state index in [0.29, 0.717) is 191 Å². The summed E-state index contributed by atoms with van der Waals surface area (Å²) in [5.41, 5.74) is 1.21. The van der Waals surface area contributed by atoms with Crippen LogP contribution in [0.5, 0.6) is 11.5 Å². The lowest BCUT2D eigenvalue weighted by Crippen LogP contribution is -2.78. The molecule has 392 valence electrons. The van der Waals surface area contributed by atoms with E-state index in [4.69, 9.17) is 80.5 Å². The summed E-state index contributed by atoms with van der Waals surface area (Å²) in [4.78, 5) is 2.51. The van der Waals surface area contributed by atoms with Crippen LogP contribution >= 0.6 is 0 Å². The summed E-state index contributed by atoms with van der Waals surface area (Å²) >= 11 is 0. The number of phenols is 1. The maximum atomic E-state index is 11.2. The van der Waals surface area contributed by atoms with Crippen molar-refractivity contribution in [3.8, 4) is 11.5 Å². The molecular weight excluding hydrogens is 891 g/mol. The predicted molar refractivity (Wildman–Crippen MR) is 249 cm³/mol. The highest BCUT2D eigenvalue weighted by Crippen LogP contribution is 2.66. The minimum atomic E-state index is -0.572. The van der Waals surface area contributed by atoms with Crippen LogP contribution in [0.2, 0.25) is 0 Å². The number of rotatable bonds is 46. The second-order valence-electron chi connectivity index (χ2n) is 16.7. The molecule has 0 aromatic heterocycles.